The van der Waals surface area contributed by atoms with Crippen molar-refractivity contribution in [2.45, 2.75) is 38.0 Å². The van der Waals surface area contributed by atoms with Gasteiger partial charge in [-0.1, -0.05) is 30.3 Å². The molecule has 0 aliphatic heterocycles. The molecule has 1 atom stereocenters. The van der Waals surface area contributed by atoms with Crippen LogP contribution >= 0.6 is 0 Å². The zero-order chi connectivity index (χ0) is 12.1. The number of benzene rings is 1. The lowest BCUT2D eigenvalue weighted by molar-refractivity contribution is -0.0141. The minimum Gasteiger partial charge on any atom is -0.394 e. The van der Waals surface area contributed by atoms with Crippen LogP contribution in [-0.2, 0) is 4.74 Å². The molecule has 0 saturated heterocycles. The van der Waals surface area contributed by atoms with Gasteiger partial charge in [0.1, 0.15) is 0 Å². The Labute approximate surface area is 103 Å². The highest BCUT2D eigenvalue weighted by molar-refractivity contribution is 5.19. The summed E-state index contributed by atoms with van der Waals surface area (Å²) in [5.41, 5.74) is 1.15. The number of aliphatic hydroxyl groups is 1. The van der Waals surface area contributed by atoms with E-state index < -0.39 is 0 Å². The largest absolute Gasteiger partial charge is 0.394 e. The van der Waals surface area contributed by atoms with Gasteiger partial charge in [-0.05, 0) is 25.3 Å². The molecule has 1 saturated carbocycles. The van der Waals surface area contributed by atoms with Crippen molar-refractivity contribution in [1.82, 2.24) is 5.32 Å². The molecule has 94 valence electrons. The van der Waals surface area contributed by atoms with Gasteiger partial charge in [-0.2, -0.15) is 0 Å². The molecular formula is C14H21NO2. The maximum Gasteiger partial charge on any atom is 0.0626 e. The minimum absolute atomic E-state index is 0.0452. The maximum atomic E-state index is 9.42. The van der Waals surface area contributed by atoms with E-state index in [0.717, 1.165) is 25.0 Å². The fourth-order valence-electron chi connectivity index (χ4n) is 2.30. The fourth-order valence-corrected chi connectivity index (χ4v) is 2.30. The molecule has 1 fully saturated rings. The lowest BCUT2D eigenvalue weighted by Crippen LogP contribution is -2.47. The van der Waals surface area contributed by atoms with Crippen molar-refractivity contribution in [1.29, 1.82) is 0 Å². The summed E-state index contributed by atoms with van der Waals surface area (Å²) in [4.78, 5) is 0. The molecular weight excluding hydrogens is 214 g/mol. The van der Waals surface area contributed by atoms with Crippen LogP contribution in [0.15, 0.2) is 30.3 Å². The second kappa shape index (κ2) is 6.15. The van der Waals surface area contributed by atoms with E-state index in [-0.39, 0.29) is 12.6 Å². The number of nitrogens with one attached hydrogen (secondary N) is 1. The Morgan fingerprint density at radius 1 is 1.35 bits per heavy atom. The highest BCUT2D eigenvalue weighted by Crippen LogP contribution is 2.26. The molecule has 0 amide bonds. The predicted octanol–water partition coefficient (Wildman–Crippen LogP) is 1.88. The van der Waals surface area contributed by atoms with E-state index in [2.05, 4.69) is 5.32 Å². The van der Waals surface area contributed by atoms with Crippen molar-refractivity contribution in [3.05, 3.63) is 35.9 Å². The molecule has 1 aliphatic carbocycles. The first-order chi connectivity index (χ1) is 8.33. The fraction of sp³-hybridized carbons (Fsp3) is 0.571. The number of hydrogen-bond donors (Lipinski definition) is 2. The summed E-state index contributed by atoms with van der Waals surface area (Å²) in [6.45, 7) is 2.96. The van der Waals surface area contributed by atoms with Crippen LogP contribution in [-0.4, -0.2) is 30.5 Å². The van der Waals surface area contributed by atoms with E-state index in [1.54, 1.807) is 0 Å². The van der Waals surface area contributed by atoms with Gasteiger partial charge in [-0.15, -0.1) is 0 Å². The van der Waals surface area contributed by atoms with Crippen molar-refractivity contribution in [3.63, 3.8) is 0 Å². The first-order valence-electron chi connectivity index (χ1n) is 6.37. The van der Waals surface area contributed by atoms with Gasteiger partial charge in [0, 0.05) is 12.6 Å². The van der Waals surface area contributed by atoms with Gasteiger partial charge in [-0.3, -0.25) is 0 Å². The van der Waals surface area contributed by atoms with Gasteiger partial charge in [-0.25, -0.2) is 0 Å². The molecule has 3 nitrogen and oxygen atoms in total. The van der Waals surface area contributed by atoms with Crippen molar-refractivity contribution >= 4 is 0 Å². The van der Waals surface area contributed by atoms with Crippen LogP contribution in [0.5, 0.6) is 0 Å². The monoisotopic (exact) mass is 235 g/mol. The first-order valence-corrected chi connectivity index (χ1v) is 6.37. The summed E-state index contributed by atoms with van der Waals surface area (Å²) in [5.74, 6) is 0. The van der Waals surface area contributed by atoms with Crippen LogP contribution in [0.2, 0.25) is 0 Å². The predicted molar refractivity (Wildman–Crippen MR) is 67.8 cm³/mol. The van der Waals surface area contributed by atoms with Crippen molar-refractivity contribution in [2.75, 3.05) is 13.2 Å². The Balaban J connectivity index is 1.82. The van der Waals surface area contributed by atoms with Crippen molar-refractivity contribution < 1.29 is 9.84 Å². The summed E-state index contributed by atoms with van der Waals surface area (Å²) in [6.07, 6.45) is 2.52. The molecule has 0 unspecified atom stereocenters. The normalized spacial score (nSPS) is 25.3. The Bertz CT molecular complexity index is 322. The number of aliphatic hydroxyl groups excluding tert-OH is 1. The van der Waals surface area contributed by atoms with Gasteiger partial charge in [0.2, 0.25) is 0 Å². The Morgan fingerprint density at radius 2 is 2.06 bits per heavy atom. The third-order valence-electron chi connectivity index (χ3n) is 3.32. The first kappa shape index (κ1) is 12.6. The number of hydrogen-bond acceptors (Lipinski definition) is 3. The van der Waals surface area contributed by atoms with Crippen LogP contribution < -0.4 is 5.32 Å². The van der Waals surface area contributed by atoms with Crippen molar-refractivity contribution in [3.8, 4) is 0 Å². The van der Waals surface area contributed by atoms with Gasteiger partial charge in [0.15, 0.2) is 0 Å². The summed E-state index contributed by atoms with van der Waals surface area (Å²) in [5, 5.41) is 12.9. The highest BCUT2D eigenvalue weighted by atomic mass is 16.5. The average Bonchev–Trinajstić information content (AvgIpc) is 2.33. The van der Waals surface area contributed by atoms with Crippen LogP contribution in [0.4, 0.5) is 0 Å². The van der Waals surface area contributed by atoms with Gasteiger partial charge in [0.05, 0.1) is 18.8 Å². The highest BCUT2D eigenvalue weighted by Gasteiger charge is 2.31. The number of rotatable bonds is 6. The molecule has 0 radical (unpaired) electrons. The molecule has 17 heavy (non-hydrogen) atoms. The van der Waals surface area contributed by atoms with E-state index in [1.807, 2.05) is 37.3 Å². The van der Waals surface area contributed by atoms with Crippen LogP contribution in [0, 0.1) is 0 Å². The second-order valence-electron chi connectivity index (χ2n) is 4.56. The molecule has 1 aromatic carbocycles. The van der Waals surface area contributed by atoms with E-state index >= 15 is 0 Å². The molecule has 3 heteroatoms. The summed E-state index contributed by atoms with van der Waals surface area (Å²) in [7, 11) is 0. The zero-order valence-corrected chi connectivity index (χ0v) is 10.3. The minimum atomic E-state index is 0.0452. The Morgan fingerprint density at radius 3 is 2.65 bits per heavy atom. The zero-order valence-electron chi connectivity index (χ0n) is 10.3. The van der Waals surface area contributed by atoms with E-state index in [9.17, 15) is 5.11 Å². The second-order valence-corrected chi connectivity index (χ2v) is 4.56. The molecule has 1 aromatic rings. The average molecular weight is 235 g/mol. The molecule has 0 heterocycles. The standard InChI is InChI=1S/C14H21NO2/c1-2-17-13-8-12(9-13)15-14(10-16)11-6-4-3-5-7-11/h3-7,12-16H,2,8-10H2,1H3/t12?,13?,14-/m1/s1. The van der Waals surface area contributed by atoms with Crippen LogP contribution in [0.1, 0.15) is 31.4 Å². The summed E-state index contributed by atoms with van der Waals surface area (Å²) in [6, 6.07) is 10.6. The SMILES string of the molecule is CCOC1CC(N[C@H](CO)c2ccccc2)C1. The summed E-state index contributed by atoms with van der Waals surface area (Å²) >= 11 is 0. The Kier molecular flexibility index (Phi) is 4.54. The molecule has 0 aromatic heterocycles. The molecule has 0 spiro atoms. The van der Waals surface area contributed by atoms with Crippen LogP contribution in [0.3, 0.4) is 0 Å². The molecule has 2 rings (SSSR count). The molecule has 1 aliphatic rings. The molecule has 2 N–H and O–H groups in total. The lowest BCUT2D eigenvalue weighted by atomic mass is 9.88. The van der Waals surface area contributed by atoms with E-state index in [0.29, 0.717) is 12.1 Å². The third kappa shape index (κ3) is 3.28. The Hall–Kier alpha value is -0.900. The van der Waals surface area contributed by atoms with Gasteiger partial charge >= 0.3 is 0 Å². The van der Waals surface area contributed by atoms with Crippen molar-refractivity contribution in [2.24, 2.45) is 0 Å². The number of ether oxygens (including phenoxy) is 1. The maximum absolute atomic E-state index is 9.42. The smallest absolute Gasteiger partial charge is 0.0626 e. The third-order valence-corrected chi connectivity index (χ3v) is 3.32. The lowest BCUT2D eigenvalue weighted by Gasteiger charge is -2.37. The van der Waals surface area contributed by atoms with Crippen LogP contribution in [0.25, 0.3) is 0 Å². The molecule has 0 bridgehead atoms. The van der Waals surface area contributed by atoms with E-state index in [1.165, 1.54) is 0 Å². The van der Waals surface area contributed by atoms with Gasteiger partial charge in [0.25, 0.3) is 0 Å². The quantitative estimate of drug-likeness (QED) is 0.791. The topological polar surface area (TPSA) is 41.5 Å². The van der Waals surface area contributed by atoms with E-state index in [4.69, 9.17) is 4.74 Å². The summed E-state index contributed by atoms with van der Waals surface area (Å²) < 4.78 is 5.53. The van der Waals surface area contributed by atoms with Gasteiger partial charge < -0.3 is 15.2 Å².